The Morgan fingerprint density at radius 2 is 2.00 bits per heavy atom. The molecule has 0 radical (unpaired) electrons. The van der Waals surface area contributed by atoms with Crippen LogP contribution in [0.5, 0.6) is 0 Å². The van der Waals surface area contributed by atoms with E-state index in [4.69, 9.17) is 4.74 Å². The molecule has 7 heteroatoms. The summed E-state index contributed by atoms with van der Waals surface area (Å²) >= 11 is 0. The highest BCUT2D eigenvalue weighted by Gasteiger charge is 2.37. The van der Waals surface area contributed by atoms with Crippen LogP contribution in [-0.2, 0) is 22.5 Å². The van der Waals surface area contributed by atoms with Crippen molar-refractivity contribution in [1.82, 2.24) is 15.1 Å². The maximum absolute atomic E-state index is 11.8. The Morgan fingerprint density at radius 3 is 2.43 bits per heavy atom. The molecule has 0 aliphatic heterocycles. The third-order valence-electron chi connectivity index (χ3n) is 2.82. The van der Waals surface area contributed by atoms with Crippen molar-refractivity contribution in [3.63, 3.8) is 0 Å². The third-order valence-corrected chi connectivity index (χ3v) is 2.82. The van der Waals surface area contributed by atoms with Crippen LogP contribution in [0, 0.1) is 0 Å². The highest BCUT2D eigenvalue weighted by Crippen LogP contribution is 2.13. The molecule has 0 saturated carbocycles. The first-order valence-corrected chi connectivity index (χ1v) is 6.81. The minimum Gasteiger partial charge on any atom is -0.479 e. The summed E-state index contributed by atoms with van der Waals surface area (Å²) in [7, 11) is 0. The summed E-state index contributed by atoms with van der Waals surface area (Å²) < 4.78 is 6.61. The van der Waals surface area contributed by atoms with E-state index in [0.717, 1.165) is 12.0 Å². The highest BCUT2D eigenvalue weighted by molar-refractivity contribution is 5.83. The topological polar surface area (TPSA) is 93.5 Å². The van der Waals surface area contributed by atoms with Crippen LogP contribution >= 0.6 is 0 Å². The molecule has 2 N–H and O–H groups in total. The predicted octanol–water partition coefficient (Wildman–Crippen LogP) is 1.81. The minimum atomic E-state index is -1.50. The maximum Gasteiger partial charge on any atom is 0.408 e. The van der Waals surface area contributed by atoms with Gasteiger partial charge in [0.15, 0.2) is 5.54 Å². The van der Waals surface area contributed by atoms with Crippen LogP contribution in [0.15, 0.2) is 12.4 Å². The van der Waals surface area contributed by atoms with Crippen LogP contribution < -0.4 is 5.32 Å². The summed E-state index contributed by atoms with van der Waals surface area (Å²) in [6.45, 7) is 8.56. The van der Waals surface area contributed by atoms with Crippen LogP contribution in [0.4, 0.5) is 4.79 Å². The molecule has 1 heterocycles. The molecule has 118 valence electrons. The summed E-state index contributed by atoms with van der Waals surface area (Å²) in [4.78, 5) is 23.3. The first-order valence-electron chi connectivity index (χ1n) is 6.81. The fourth-order valence-corrected chi connectivity index (χ4v) is 1.69. The number of aliphatic carboxylic acids is 1. The first-order chi connectivity index (χ1) is 9.55. The van der Waals surface area contributed by atoms with E-state index in [-0.39, 0.29) is 6.54 Å². The lowest BCUT2D eigenvalue weighted by molar-refractivity contribution is -0.144. The number of hydrogen-bond acceptors (Lipinski definition) is 4. The van der Waals surface area contributed by atoms with E-state index in [1.165, 1.54) is 11.6 Å². The lowest BCUT2D eigenvalue weighted by atomic mass is 10.0. The quantitative estimate of drug-likeness (QED) is 0.864. The van der Waals surface area contributed by atoms with E-state index in [1.807, 2.05) is 6.92 Å². The van der Waals surface area contributed by atoms with Crippen LogP contribution in [0.25, 0.3) is 0 Å². The Morgan fingerprint density at radius 1 is 1.38 bits per heavy atom. The largest absolute Gasteiger partial charge is 0.479 e. The maximum atomic E-state index is 11.8. The lowest BCUT2D eigenvalue weighted by Gasteiger charge is -2.28. The Balaban J connectivity index is 2.83. The van der Waals surface area contributed by atoms with E-state index in [2.05, 4.69) is 10.4 Å². The summed E-state index contributed by atoms with van der Waals surface area (Å²) in [6, 6.07) is 0. The van der Waals surface area contributed by atoms with Crippen molar-refractivity contribution in [3.05, 3.63) is 18.0 Å². The lowest BCUT2D eigenvalue weighted by Crippen LogP contribution is -2.56. The molecule has 0 bridgehead atoms. The molecule has 0 spiro atoms. The SMILES string of the molecule is CCc1cnn(CC(C)(NC(=O)OC(C)(C)C)C(=O)O)c1. The normalized spacial score (nSPS) is 14.3. The van der Waals surface area contributed by atoms with Gasteiger partial charge in [-0.1, -0.05) is 6.92 Å². The van der Waals surface area contributed by atoms with E-state index >= 15 is 0 Å². The number of carboxylic acids is 1. The third kappa shape index (κ3) is 5.09. The Labute approximate surface area is 124 Å². The van der Waals surface area contributed by atoms with Gasteiger partial charge >= 0.3 is 12.1 Å². The molecule has 1 atom stereocenters. The van der Waals surface area contributed by atoms with E-state index in [9.17, 15) is 14.7 Å². The van der Waals surface area contributed by atoms with Gasteiger partial charge in [0.1, 0.15) is 5.60 Å². The van der Waals surface area contributed by atoms with Gasteiger partial charge in [-0.25, -0.2) is 9.59 Å². The van der Waals surface area contributed by atoms with Crippen molar-refractivity contribution in [2.24, 2.45) is 0 Å². The summed E-state index contributed by atoms with van der Waals surface area (Å²) in [5, 5.41) is 15.9. The second-order valence-electron chi connectivity index (χ2n) is 6.16. The van der Waals surface area contributed by atoms with Gasteiger partial charge in [-0.15, -0.1) is 0 Å². The Bertz CT molecular complexity index is 519. The van der Waals surface area contributed by atoms with Gasteiger partial charge in [0.25, 0.3) is 0 Å². The number of alkyl carbamates (subject to hydrolysis) is 1. The van der Waals surface area contributed by atoms with E-state index in [1.54, 1.807) is 33.2 Å². The summed E-state index contributed by atoms with van der Waals surface area (Å²) in [6.07, 6.45) is 3.48. The van der Waals surface area contributed by atoms with Crippen LogP contribution in [0.2, 0.25) is 0 Å². The van der Waals surface area contributed by atoms with Gasteiger partial charge in [-0.3, -0.25) is 4.68 Å². The number of ether oxygens (including phenoxy) is 1. The molecule has 1 unspecified atom stereocenters. The van der Waals surface area contributed by atoms with E-state index < -0.39 is 23.2 Å². The summed E-state index contributed by atoms with van der Waals surface area (Å²) in [5.41, 5.74) is -1.19. The van der Waals surface area contributed by atoms with Crippen molar-refractivity contribution < 1.29 is 19.4 Å². The molecule has 0 aliphatic rings. The number of nitrogens with zero attached hydrogens (tertiary/aromatic N) is 2. The fraction of sp³-hybridized carbons (Fsp3) is 0.643. The highest BCUT2D eigenvalue weighted by atomic mass is 16.6. The predicted molar refractivity (Wildman–Crippen MR) is 77.0 cm³/mol. The van der Waals surface area contributed by atoms with Gasteiger partial charge in [0.2, 0.25) is 0 Å². The van der Waals surface area contributed by atoms with E-state index in [0.29, 0.717) is 0 Å². The van der Waals surface area contributed by atoms with Crippen LogP contribution in [0.1, 0.15) is 40.2 Å². The molecule has 0 saturated heterocycles. The molecule has 0 aliphatic carbocycles. The standard InChI is InChI=1S/C14H23N3O4/c1-6-10-7-15-17(8-10)9-14(5,11(18)19)16-12(20)21-13(2,3)4/h7-8H,6,9H2,1-5H3,(H,16,20)(H,18,19). The summed E-state index contributed by atoms with van der Waals surface area (Å²) in [5.74, 6) is -1.15. The van der Waals surface area contributed by atoms with Crippen LogP contribution in [0.3, 0.4) is 0 Å². The average molecular weight is 297 g/mol. The zero-order valence-electron chi connectivity index (χ0n) is 13.1. The molecule has 21 heavy (non-hydrogen) atoms. The smallest absolute Gasteiger partial charge is 0.408 e. The molecule has 7 nitrogen and oxygen atoms in total. The first kappa shape index (κ1) is 17.0. The van der Waals surface area contributed by atoms with Gasteiger partial charge in [0, 0.05) is 6.20 Å². The monoisotopic (exact) mass is 297 g/mol. The van der Waals surface area contributed by atoms with Crippen molar-refractivity contribution in [1.29, 1.82) is 0 Å². The molecule has 1 rings (SSSR count). The number of hydrogen-bond donors (Lipinski definition) is 2. The molecular formula is C14H23N3O4. The molecular weight excluding hydrogens is 274 g/mol. The second-order valence-corrected chi connectivity index (χ2v) is 6.16. The van der Waals surface area contributed by atoms with Crippen molar-refractivity contribution in [2.45, 2.75) is 58.7 Å². The second kappa shape index (κ2) is 6.15. The fourth-order valence-electron chi connectivity index (χ4n) is 1.69. The number of aryl methyl sites for hydroxylation is 1. The average Bonchev–Trinajstić information content (AvgIpc) is 2.73. The number of nitrogens with one attached hydrogen (secondary N) is 1. The molecule has 1 amide bonds. The molecule has 1 aromatic heterocycles. The number of amides is 1. The van der Waals surface area contributed by atoms with Crippen molar-refractivity contribution in [2.75, 3.05) is 0 Å². The van der Waals surface area contributed by atoms with Gasteiger partial charge in [0.05, 0.1) is 12.7 Å². The molecule has 0 aromatic carbocycles. The van der Waals surface area contributed by atoms with Gasteiger partial charge in [-0.2, -0.15) is 5.10 Å². The number of aromatic nitrogens is 2. The molecule has 1 aromatic rings. The zero-order valence-corrected chi connectivity index (χ0v) is 13.1. The molecule has 0 fully saturated rings. The van der Waals surface area contributed by atoms with Crippen LogP contribution in [-0.4, -0.2) is 38.1 Å². The number of carbonyl (C=O) groups is 2. The Hall–Kier alpha value is -2.05. The zero-order chi connectivity index (χ0) is 16.3. The number of carboxylic acid groups (broad SMARTS) is 1. The van der Waals surface area contributed by atoms with Gasteiger partial charge in [-0.05, 0) is 39.7 Å². The Kier molecular flexibility index (Phi) is 4.98. The van der Waals surface area contributed by atoms with Gasteiger partial charge < -0.3 is 15.2 Å². The van der Waals surface area contributed by atoms with Crippen molar-refractivity contribution in [3.8, 4) is 0 Å². The van der Waals surface area contributed by atoms with Crippen molar-refractivity contribution >= 4 is 12.1 Å². The minimum absolute atomic E-state index is 0.0155. The number of carbonyl (C=O) groups excluding carboxylic acids is 1. The number of rotatable bonds is 5.